The monoisotopic (exact) mass is 348 g/mol. The van der Waals surface area contributed by atoms with Crippen molar-refractivity contribution >= 4 is 23.0 Å². The lowest BCUT2D eigenvalue weighted by atomic mass is 10.0. The van der Waals surface area contributed by atoms with Gasteiger partial charge in [0.15, 0.2) is 0 Å². The summed E-state index contributed by atoms with van der Waals surface area (Å²) in [6, 6.07) is 13.0. The van der Waals surface area contributed by atoms with Crippen LogP contribution in [0.2, 0.25) is 0 Å². The summed E-state index contributed by atoms with van der Waals surface area (Å²) < 4.78 is 25.6. The van der Waals surface area contributed by atoms with E-state index in [1.807, 2.05) is 41.3 Å². The molecule has 0 aliphatic carbocycles. The van der Waals surface area contributed by atoms with E-state index in [0.717, 1.165) is 37.9 Å². The van der Waals surface area contributed by atoms with Gasteiger partial charge in [0.2, 0.25) is 5.91 Å². The summed E-state index contributed by atoms with van der Waals surface area (Å²) in [5, 5.41) is 0.713. The second-order valence-corrected chi connectivity index (χ2v) is 6.56. The lowest BCUT2D eigenvalue weighted by Crippen LogP contribution is -2.34. The van der Waals surface area contributed by atoms with Crippen LogP contribution >= 0.6 is 0 Å². The third kappa shape index (κ3) is 3.03. The molecule has 0 atom stereocenters. The van der Waals surface area contributed by atoms with E-state index in [9.17, 15) is 4.79 Å². The Kier molecular flexibility index (Phi) is 3.67. The maximum absolute atomic E-state index is 12.7. The number of benzene rings is 1. The number of carbonyl (C=O) groups excluding carboxylic acids is 1. The Morgan fingerprint density at radius 1 is 1.12 bits per heavy atom. The average Bonchev–Trinajstić information content (AvgIpc) is 3.08. The molecule has 4 nitrogen and oxygen atoms in total. The average molecular weight is 348 g/mol. The molecule has 3 aromatic rings. The molecule has 1 fully saturated rings. The Hall–Kier alpha value is -2.88. The summed E-state index contributed by atoms with van der Waals surface area (Å²) in [6.07, 6.45) is 8.10. The molecule has 0 saturated carbocycles. The van der Waals surface area contributed by atoms with Crippen LogP contribution in [0, 0.1) is 0 Å². The number of aromatic nitrogens is 2. The fraction of sp³-hybridized carbons (Fsp3) is 0.273. The van der Waals surface area contributed by atoms with Gasteiger partial charge in [-0.05, 0) is 43.0 Å². The maximum atomic E-state index is 12.7. The van der Waals surface area contributed by atoms with Crippen molar-refractivity contribution in [3.05, 3.63) is 60.3 Å². The molecule has 0 radical (unpaired) electrons. The third-order valence-electron chi connectivity index (χ3n) is 4.87. The first kappa shape index (κ1) is 13.3. The normalized spacial score (nSPS) is 17.2. The van der Waals surface area contributed by atoms with Gasteiger partial charge in [0, 0.05) is 47.4 Å². The number of likely N-dealkylation sites (tertiary alicyclic amines) is 1. The number of nitrogens with zero attached hydrogens (tertiary/aromatic N) is 3. The minimum Gasteiger partial charge on any atom is -0.339 e. The molecule has 3 heterocycles. The number of hydrogen-bond acceptors (Lipinski definition) is 2. The number of pyridine rings is 1. The number of rotatable bonds is 3. The molecule has 0 N–H and O–H groups in total. The summed E-state index contributed by atoms with van der Waals surface area (Å²) in [6.45, 7) is -0.860. The minimum absolute atomic E-state index is 0.0395. The highest BCUT2D eigenvalue weighted by Gasteiger charge is 2.17. The van der Waals surface area contributed by atoms with Crippen LogP contribution < -0.4 is 0 Å². The molecule has 2 aromatic heterocycles. The van der Waals surface area contributed by atoms with E-state index >= 15 is 0 Å². The summed E-state index contributed by atoms with van der Waals surface area (Å²) in [4.78, 5) is 18.9. The molecule has 1 saturated heterocycles. The molecule has 4 heteroatoms. The molecule has 1 aliphatic rings. The number of aryl methyl sites for hydroxylation is 1. The highest BCUT2D eigenvalue weighted by atomic mass is 16.2. The lowest BCUT2D eigenvalue weighted by molar-refractivity contribution is -0.126. The number of carbonyl (C=O) groups is 1. The van der Waals surface area contributed by atoms with Gasteiger partial charge in [-0.25, -0.2) is 4.98 Å². The number of amides is 1. The molecule has 1 aliphatic heterocycles. The molecule has 0 unspecified atom stereocenters. The molecule has 1 amide bonds. The Bertz CT molecular complexity index is 1050. The fourth-order valence-electron chi connectivity index (χ4n) is 3.56. The zero-order valence-electron chi connectivity index (χ0n) is 17.6. The van der Waals surface area contributed by atoms with E-state index in [1.165, 1.54) is 4.57 Å². The van der Waals surface area contributed by atoms with E-state index in [-0.39, 0.29) is 5.91 Å². The van der Waals surface area contributed by atoms with Crippen LogP contribution in [0.15, 0.2) is 54.7 Å². The van der Waals surface area contributed by atoms with Crippen molar-refractivity contribution in [3.63, 3.8) is 0 Å². The molecule has 0 spiro atoms. The maximum Gasteiger partial charge on any atom is 0.246 e. The second kappa shape index (κ2) is 7.16. The topological polar surface area (TPSA) is 38.1 Å². The summed E-state index contributed by atoms with van der Waals surface area (Å²) in [7, 11) is 0. The molecule has 1 aromatic carbocycles. The predicted octanol–water partition coefficient (Wildman–Crippen LogP) is 4.27. The first-order valence-corrected chi connectivity index (χ1v) is 8.99. The van der Waals surface area contributed by atoms with Gasteiger partial charge >= 0.3 is 0 Å². The van der Waals surface area contributed by atoms with Crippen LogP contribution in [0.25, 0.3) is 28.4 Å². The van der Waals surface area contributed by atoms with Crippen molar-refractivity contribution in [1.29, 1.82) is 0 Å². The van der Waals surface area contributed by atoms with Gasteiger partial charge in [0.05, 0.1) is 5.69 Å². The zero-order valence-corrected chi connectivity index (χ0v) is 14.6. The minimum atomic E-state index is -2.40. The number of hydrogen-bond donors (Lipinski definition) is 0. The first-order chi connectivity index (χ1) is 14.0. The molecule has 0 bridgehead atoms. The smallest absolute Gasteiger partial charge is 0.246 e. The van der Waals surface area contributed by atoms with Gasteiger partial charge in [-0.15, -0.1) is 0 Å². The van der Waals surface area contributed by atoms with Crippen molar-refractivity contribution in [2.75, 3.05) is 13.1 Å². The summed E-state index contributed by atoms with van der Waals surface area (Å²) in [5.74, 6) is -0.0395. The molecule has 26 heavy (non-hydrogen) atoms. The molecule has 4 rings (SSSR count). The van der Waals surface area contributed by atoms with Crippen molar-refractivity contribution in [2.45, 2.75) is 19.3 Å². The van der Waals surface area contributed by atoms with Gasteiger partial charge in [0.25, 0.3) is 0 Å². The first-order valence-electron chi connectivity index (χ1n) is 10.5. The Morgan fingerprint density at radius 2 is 1.92 bits per heavy atom. The Morgan fingerprint density at radius 3 is 2.69 bits per heavy atom. The zero-order chi connectivity index (χ0) is 20.4. The second-order valence-electron chi connectivity index (χ2n) is 6.56. The van der Waals surface area contributed by atoms with E-state index in [0.29, 0.717) is 22.3 Å². The van der Waals surface area contributed by atoms with Crippen molar-refractivity contribution < 1.29 is 8.91 Å². The third-order valence-corrected chi connectivity index (χ3v) is 4.87. The molecule has 132 valence electrons. The van der Waals surface area contributed by atoms with E-state index in [1.54, 1.807) is 24.4 Å². The molecular weight excluding hydrogens is 322 g/mol. The van der Waals surface area contributed by atoms with Crippen molar-refractivity contribution in [1.82, 2.24) is 14.5 Å². The largest absolute Gasteiger partial charge is 0.339 e. The van der Waals surface area contributed by atoms with Crippen LogP contribution in [-0.2, 0) is 11.8 Å². The van der Waals surface area contributed by atoms with Crippen molar-refractivity contribution in [3.8, 4) is 11.3 Å². The Labute approximate surface area is 158 Å². The van der Waals surface area contributed by atoms with Gasteiger partial charge in [-0.3, -0.25) is 4.79 Å². The predicted molar refractivity (Wildman–Crippen MR) is 106 cm³/mol. The number of fused-ring (bicyclic) bond motifs is 1. The summed E-state index contributed by atoms with van der Waals surface area (Å²) >= 11 is 0. The highest BCUT2D eigenvalue weighted by Crippen LogP contribution is 2.33. The van der Waals surface area contributed by atoms with Crippen LogP contribution in [0.3, 0.4) is 0 Å². The Balaban J connectivity index is 1.88. The summed E-state index contributed by atoms with van der Waals surface area (Å²) in [5.41, 5.74) is 2.39. The SMILES string of the molecule is [2H]C([2H])([2H])n1c(-c2ccccc2)c(/C=C/C(=O)N2CCCCC2)c2cccnc21. The quantitative estimate of drug-likeness (QED) is 0.663. The van der Waals surface area contributed by atoms with Gasteiger partial charge < -0.3 is 9.47 Å². The van der Waals surface area contributed by atoms with Gasteiger partial charge in [0.1, 0.15) is 5.65 Å². The van der Waals surface area contributed by atoms with Crippen LogP contribution in [0.1, 0.15) is 28.9 Å². The van der Waals surface area contributed by atoms with Crippen LogP contribution in [0.4, 0.5) is 0 Å². The van der Waals surface area contributed by atoms with E-state index < -0.39 is 6.98 Å². The van der Waals surface area contributed by atoms with E-state index in [4.69, 9.17) is 4.11 Å². The fourth-order valence-corrected chi connectivity index (χ4v) is 3.56. The van der Waals surface area contributed by atoms with E-state index in [2.05, 4.69) is 4.98 Å². The van der Waals surface area contributed by atoms with Gasteiger partial charge in [-0.2, -0.15) is 0 Å². The molecular formula is C22H23N3O. The van der Waals surface area contributed by atoms with Crippen LogP contribution in [0.5, 0.6) is 0 Å². The van der Waals surface area contributed by atoms with Crippen molar-refractivity contribution in [2.24, 2.45) is 6.98 Å². The highest BCUT2D eigenvalue weighted by molar-refractivity contribution is 6.00. The lowest BCUT2D eigenvalue weighted by Gasteiger charge is -2.25. The standard InChI is InChI=1S/C22H23N3O/c1-24-21(17-9-4-2-5-10-17)18(19-11-8-14-23-22(19)24)12-13-20(26)25-15-6-3-7-16-25/h2,4-5,8-14H,3,6-7,15-16H2,1H3/b13-12+/i1D3. The van der Waals surface area contributed by atoms with Crippen LogP contribution in [-0.4, -0.2) is 33.4 Å². The van der Waals surface area contributed by atoms with Gasteiger partial charge in [-0.1, -0.05) is 30.3 Å². The number of piperidine rings is 1.